The molecule has 2 N–H and O–H groups in total. The highest BCUT2D eigenvalue weighted by Gasteiger charge is 2.30. The Balaban J connectivity index is 1.68. The molecule has 0 aliphatic heterocycles. The monoisotopic (exact) mass is 406 g/mol. The molecule has 0 radical (unpaired) electrons. The zero-order valence-corrected chi connectivity index (χ0v) is 16.9. The third kappa shape index (κ3) is 3.89. The van der Waals surface area contributed by atoms with Crippen LogP contribution in [0.25, 0.3) is 0 Å². The first kappa shape index (κ1) is 18.5. The first-order valence-corrected chi connectivity index (χ1v) is 10.7. The van der Waals surface area contributed by atoms with Crippen molar-refractivity contribution in [1.82, 2.24) is 15.1 Å². The second kappa shape index (κ2) is 7.64. The Hall–Kier alpha value is -1.86. The van der Waals surface area contributed by atoms with E-state index in [9.17, 15) is 9.59 Å². The van der Waals surface area contributed by atoms with E-state index in [1.54, 1.807) is 7.05 Å². The second-order valence-electron chi connectivity index (χ2n) is 7.29. The van der Waals surface area contributed by atoms with Crippen LogP contribution >= 0.6 is 22.9 Å². The highest BCUT2D eigenvalue weighted by molar-refractivity contribution is 7.17. The van der Waals surface area contributed by atoms with Crippen molar-refractivity contribution in [2.24, 2.45) is 7.05 Å². The van der Waals surface area contributed by atoms with Crippen molar-refractivity contribution in [2.75, 3.05) is 5.32 Å². The SMILES string of the molecule is Cn1ncc(Cl)c1C(=O)Nc1sc2c(c1C(=O)NC1CC1)CCCCCC2. The molecule has 0 bridgehead atoms. The normalized spacial score (nSPS) is 17.0. The molecule has 0 atom stereocenters. The molecular weight excluding hydrogens is 384 g/mol. The molecule has 2 aliphatic carbocycles. The van der Waals surface area contributed by atoms with Crippen molar-refractivity contribution < 1.29 is 9.59 Å². The Morgan fingerprint density at radius 1 is 1.19 bits per heavy atom. The third-order valence-corrected chi connectivity index (χ3v) is 6.63. The number of thiophene rings is 1. The second-order valence-corrected chi connectivity index (χ2v) is 8.80. The van der Waals surface area contributed by atoms with Gasteiger partial charge in [0.05, 0.1) is 16.8 Å². The predicted molar refractivity (Wildman–Crippen MR) is 107 cm³/mol. The number of carbonyl (C=O) groups excluding carboxylic acids is 2. The molecule has 2 aromatic heterocycles. The molecular formula is C19H23ClN4O2S. The van der Waals surface area contributed by atoms with Gasteiger partial charge in [-0.2, -0.15) is 5.10 Å². The summed E-state index contributed by atoms with van der Waals surface area (Å²) in [4.78, 5) is 27.0. The molecule has 1 fully saturated rings. The van der Waals surface area contributed by atoms with E-state index in [0.29, 0.717) is 21.3 Å². The molecule has 1 saturated carbocycles. The van der Waals surface area contributed by atoms with Crippen molar-refractivity contribution in [3.63, 3.8) is 0 Å². The molecule has 2 aromatic rings. The molecule has 27 heavy (non-hydrogen) atoms. The van der Waals surface area contributed by atoms with Crippen LogP contribution in [0.2, 0.25) is 5.02 Å². The van der Waals surface area contributed by atoms with Crippen LogP contribution in [0.5, 0.6) is 0 Å². The van der Waals surface area contributed by atoms with Gasteiger partial charge in [-0.05, 0) is 44.1 Å². The van der Waals surface area contributed by atoms with E-state index in [4.69, 9.17) is 11.6 Å². The molecule has 6 nitrogen and oxygen atoms in total. The largest absolute Gasteiger partial charge is 0.349 e. The summed E-state index contributed by atoms with van der Waals surface area (Å²) < 4.78 is 1.45. The van der Waals surface area contributed by atoms with Gasteiger partial charge in [0.25, 0.3) is 11.8 Å². The summed E-state index contributed by atoms with van der Waals surface area (Å²) in [6.07, 6.45) is 9.97. The minimum absolute atomic E-state index is 0.0676. The molecule has 144 valence electrons. The summed E-state index contributed by atoms with van der Waals surface area (Å²) >= 11 is 7.64. The number of aryl methyl sites for hydroxylation is 2. The summed E-state index contributed by atoms with van der Waals surface area (Å²) in [5.74, 6) is -0.406. The molecule has 0 aromatic carbocycles. The van der Waals surface area contributed by atoms with Gasteiger partial charge in [0.15, 0.2) is 0 Å². The fourth-order valence-electron chi connectivity index (χ4n) is 3.56. The van der Waals surface area contributed by atoms with Gasteiger partial charge in [-0.1, -0.05) is 24.4 Å². The average Bonchev–Trinajstić information content (AvgIpc) is 3.27. The zero-order chi connectivity index (χ0) is 19.0. The Labute approximate surface area is 167 Å². The van der Waals surface area contributed by atoms with Gasteiger partial charge < -0.3 is 10.6 Å². The highest BCUT2D eigenvalue weighted by Crippen LogP contribution is 2.38. The van der Waals surface area contributed by atoms with Crippen LogP contribution in [0, 0.1) is 0 Å². The molecule has 2 heterocycles. The minimum Gasteiger partial charge on any atom is -0.349 e. The quantitative estimate of drug-likeness (QED) is 0.807. The molecule has 0 spiro atoms. The smallest absolute Gasteiger partial charge is 0.276 e. The lowest BCUT2D eigenvalue weighted by atomic mass is 9.96. The van der Waals surface area contributed by atoms with Crippen LogP contribution in [0.3, 0.4) is 0 Å². The van der Waals surface area contributed by atoms with Gasteiger partial charge in [-0.3, -0.25) is 14.3 Å². The Kier molecular flexibility index (Phi) is 5.23. The van der Waals surface area contributed by atoms with E-state index in [-0.39, 0.29) is 17.9 Å². The molecule has 0 saturated heterocycles. The van der Waals surface area contributed by atoms with Crippen LogP contribution in [0.1, 0.15) is 69.8 Å². The number of amides is 2. The number of nitrogens with one attached hydrogen (secondary N) is 2. The van der Waals surface area contributed by atoms with Gasteiger partial charge in [0.2, 0.25) is 0 Å². The maximum atomic E-state index is 12.9. The van der Waals surface area contributed by atoms with Crippen molar-refractivity contribution in [2.45, 2.75) is 57.4 Å². The van der Waals surface area contributed by atoms with Gasteiger partial charge >= 0.3 is 0 Å². The van der Waals surface area contributed by atoms with Crippen molar-refractivity contribution in [1.29, 1.82) is 0 Å². The van der Waals surface area contributed by atoms with E-state index in [0.717, 1.165) is 44.1 Å². The first-order valence-electron chi connectivity index (χ1n) is 9.49. The van der Waals surface area contributed by atoms with Crippen LogP contribution in [0.4, 0.5) is 5.00 Å². The average molecular weight is 407 g/mol. The summed E-state index contributed by atoms with van der Waals surface area (Å²) in [6.45, 7) is 0. The number of carbonyl (C=O) groups is 2. The van der Waals surface area contributed by atoms with E-state index in [1.165, 1.54) is 39.9 Å². The third-order valence-electron chi connectivity index (χ3n) is 5.15. The molecule has 8 heteroatoms. The maximum absolute atomic E-state index is 12.9. The van der Waals surface area contributed by atoms with Gasteiger partial charge in [0.1, 0.15) is 10.7 Å². The van der Waals surface area contributed by atoms with E-state index < -0.39 is 0 Å². The molecule has 4 rings (SSSR count). The van der Waals surface area contributed by atoms with Crippen LogP contribution in [-0.2, 0) is 19.9 Å². The van der Waals surface area contributed by atoms with Crippen LogP contribution < -0.4 is 10.6 Å². The van der Waals surface area contributed by atoms with Gasteiger partial charge in [0, 0.05) is 18.0 Å². The predicted octanol–water partition coefficient (Wildman–Crippen LogP) is 3.94. The number of rotatable bonds is 4. The van der Waals surface area contributed by atoms with Gasteiger partial charge in [-0.15, -0.1) is 11.3 Å². The standard InChI is InChI=1S/C19H23ClN4O2S/c1-24-16(13(20)10-21-24)18(26)23-19-15(17(25)22-11-8-9-11)12-6-4-2-3-5-7-14(12)27-19/h10-11H,2-9H2,1H3,(H,22,25)(H,23,26). The Morgan fingerprint density at radius 3 is 2.59 bits per heavy atom. The van der Waals surface area contributed by atoms with Crippen molar-refractivity contribution >= 4 is 39.8 Å². The Morgan fingerprint density at radius 2 is 1.93 bits per heavy atom. The number of anilines is 1. The number of halogens is 1. The van der Waals surface area contributed by atoms with Crippen LogP contribution in [-0.4, -0.2) is 27.6 Å². The Bertz CT molecular complexity index is 865. The number of aromatic nitrogens is 2. The lowest BCUT2D eigenvalue weighted by molar-refractivity contribution is 0.0951. The summed E-state index contributed by atoms with van der Waals surface area (Å²) in [6, 6.07) is 0.275. The zero-order valence-electron chi connectivity index (χ0n) is 15.3. The summed E-state index contributed by atoms with van der Waals surface area (Å²) in [5, 5.41) is 11.0. The summed E-state index contributed by atoms with van der Waals surface area (Å²) in [5.41, 5.74) is 2.06. The van der Waals surface area contributed by atoms with Crippen LogP contribution in [0.15, 0.2) is 6.20 Å². The minimum atomic E-state index is -0.338. The number of hydrogen-bond acceptors (Lipinski definition) is 4. The topological polar surface area (TPSA) is 76.0 Å². The summed E-state index contributed by atoms with van der Waals surface area (Å²) in [7, 11) is 1.68. The van der Waals surface area contributed by atoms with E-state index in [1.807, 2.05) is 0 Å². The van der Waals surface area contributed by atoms with Gasteiger partial charge in [-0.25, -0.2) is 0 Å². The number of nitrogens with zero attached hydrogens (tertiary/aromatic N) is 2. The first-order chi connectivity index (χ1) is 13.0. The lowest BCUT2D eigenvalue weighted by Crippen LogP contribution is -2.27. The van der Waals surface area contributed by atoms with E-state index in [2.05, 4.69) is 15.7 Å². The maximum Gasteiger partial charge on any atom is 0.276 e. The highest BCUT2D eigenvalue weighted by atomic mass is 35.5. The fraction of sp³-hybridized carbons (Fsp3) is 0.526. The molecule has 0 unspecified atom stereocenters. The van der Waals surface area contributed by atoms with E-state index >= 15 is 0 Å². The molecule has 2 amide bonds. The van der Waals surface area contributed by atoms with Crippen molar-refractivity contribution in [3.8, 4) is 0 Å². The lowest BCUT2D eigenvalue weighted by Gasteiger charge is -2.12. The number of fused-ring (bicyclic) bond motifs is 1. The number of hydrogen-bond donors (Lipinski definition) is 2. The van der Waals surface area contributed by atoms with Crippen molar-refractivity contribution in [3.05, 3.63) is 32.9 Å². The fourth-order valence-corrected chi connectivity index (χ4v) is 5.09. The molecule has 2 aliphatic rings.